The average Bonchev–Trinajstić information content (AvgIpc) is 2.78. The third kappa shape index (κ3) is 2.89. The molecular weight excluding hydrogens is 248 g/mol. The van der Waals surface area contributed by atoms with Crippen LogP contribution in [0.3, 0.4) is 0 Å². The van der Waals surface area contributed by atoms with E-state index in [1.807, 2.05) is 25.1 Å². The lowest BCUT2D eigenvalue weighted by Gasteiger charge is -2.10. The van der Waals surface area contributed by atoms with Gasteiger partial charge in [0.15, 0.2) is 0 Å². The lowest BCUT2D eigenvalue weighted by molar-refractivity contribution is 0.570. The zero-order valence-electron chi connectivity index (χ0n) is 10.8. The summed E-state index contributed by atoms with van der Waals surface area (Å²) >= 11 is 6.13. The van der Waals surface area contributed by atoms with E-state index in [2.05, 4.69) is 29.5 Å². The number of rotatable bonds is 4. The van der Waals surface area contributed by atoms with Crippen molar-refractivity contribution >= 4 is 11.6 Å². The second kappa shape index (κ2) is 5.50. The number of hydrogen-bond acceptors (Lipinski definition) is 3. The van der Waals surface area contributed by atoms with Crippen molar-refractivity contribution in [2.75, 3.05) is 0 Å². The van der Waals surface area contributed by atoms with Crippen LogP contribution in [0.25, 0.3) is 5.69 Å². The highest BCUT2D eigenvalue weighted by molar-refractivity contribution is 6.31. The van der Waals surface area contributed by atoms with Crippen LogP contribution in [0, 0.1) is 6.92 Å². The fourth-order valence-electron chi connectivity index (χ4n) is 1.62. The number of aryl methyl sites for hydroxylation is 1. The molecule has 0 saturated carbocycles. The Hall–Kier alpha value is -1.39. The molecule has 1 aromatic carbocycles. The molecular formula is C13H17ClN4. The second-order valence-electron chi connectivity index (χ2n) is 4.61. The van der Waals surface area contributed by atoms with Crippen LogP contribution in [-0.2, 0) is 6.54 Å². The van der Waals surface area contributed by atoms with Gasteiger partial charge in [0.2, 0.25) is 0 Å². The molecule has 0 radical (unpaired) electrons. The highest BCUT2D eigenvalue weighted by atomic mass is 35.5. The highest BCUT2D eigenvalue weighted by Crippen LogP contribution is 2.19. The van der Waals surface area contributed by atoms with Gasteiger partial charge in [0, 0.05) is 17.6 Å². The van der Waals surface area contributed by atoms with Crippen LogP contribution in [0.5, 0.6) is 0 Å². The monoisotopic (exact) mass is 264 g/mol. The second-order valence-corrected chi connectivity index (χ2v) is 5.01. The number of aromatic nitrogens is 3. The summed E-state index contributed by atoms with van der Waals surface area (Å²) in [7, 11) is 0. The molecule has 96 valence electrons. The van der Waals surface area contributed by atoms with Crippen LogP contribution < -0.4 is 5.32 Å². The molecule has 1 aromatic heterocycles. The molecule has 0 spiro atoms. The number of nitrogens with one attached hydrogen (secondary N) is 1. The minimum Gasteiger partial charge on any atom is -0.309 e. The Labute approximate surface area is 112 Å². The summed E-state index contributed by atoms with van der Waals surface area (Å²) < 4.78 is 1.81. The fraction of sp³-hybridized carbons (Fsp3) is 0.385. The minimum atomic E-state index is 0.426. The highest BCUT2D eigenvalue weighted by Gasteiger charge is 2.07. The van der Waals surface area contributed by atoms with Crippen LogP contribution in [0.4, 0.5) is 0 Å². The van der Waals surface area contributed by atoms with Crippen LogP contribution in [0.1, 0.15) is 25.1 Å². The van der Waals surface area contributed by atoms with Crippen LogP contribution in [-0.4, -0.2) is 21.0 Å². The molecule has 0 atom stereocenters. The van der Waals surface area contributed by atoms with E-state index in [0.717, 1.165) is 28.5 Å². The van der Waals surface area contributed by atoms with Gasteiger partial charge in [-0.25, -0.2) is 4.68 Å². The van der Waals surface area contributed by atoms with Crippen molar-refractivity contribution in [1.82, 2.24) is 20.3 Å². The Balaban J connectivity index is 2.27. The summed E-state index contributed by atoms with van der Waals surface area (Å²) in [5.74, 6) is 0. The first-order chi connectivity index (χ1) is 8.58. The van der Waals surface area contributed by atoms with Crippen molar-refractivity contribution in [3.8, 4) is 5.69 Å². The summed E-state index contributed by atoms with van der Waals surface area (Å²) in [4.78, 5) is 0. The quantitative estimate of drug-likeness (QED) is 0.923. The Bertz CT molecular complexity index is 534. The first-order valence-electron chi connectivity index (χ1n) is 5.97. The topological polar surface area (TPSA) is 42.7 Å². The van der Waals surface area contributed by atoms with E-state index < -0.39 is 0 Å². The summed E-state index contributed by atoms with van der Waals surface area (Å²) in [6.07, 6.45) is 1.77. The summed E-state index contributed by atoms with van der Waals surface area (Å²) in [6, 6.07) is 6.31. The van der Waals surface area contributed by atoms with E-state index in [9.17, 15) is 0 Å². The molecule has 2 rings (SSSR count). The maximum Gasteiger partial charge on any atom is 0.0783 e. The van der Waals surface area contributed by atoms with Crippen molar-refractivity contribution in [3.63, 3.8) is 0 Å². The van der Waals surface area contributed by atoms with Gasteiger partial charge < -0.3 is 5.32 Å². The first-order valence-corrected chi connectivity index (χ1v) is 6.35. The molecule has 4 nitrogen and oxygen atoms in total. The molecule has 0 amide bonds. The smallest absolute Gasteiger partial charge is 0.0783 e. The molecule has 2 aromatic rings. The number of hydrogen-bond donors (Lipinski definition) is 1. The van der Waals surface area contributed by atoms with Crippen molar-refractivity contribution in [1.29, 1.82) is 0 Å². The van der Waals surface area contributed by atoms with Crippen LogP contribution in [0.2, 0.25) is 5.02 Å². The zero-order valence-corrected chi connectivity index (χ0v) is 11.6. The number of nitrogens with zero attached hydrogens (tertiary/aromatic N) is 3. The molecule has 0 fully saturated rings. The Morgan fingerprint density at radius 2 is 2.17 bits per heavy atom. The molecule has 18 heavy (non-hydrogen) atoms. The van der Waals surface area contributed by atoms with E-state index in [4.69, 9.17) is 11.6 Å². The molecule has 1 N–H and O–H groups in total. The van der Waals surface area contributed by atoms with Crippen LogP contribution in [0.15, 0.2) is 24.4 Å². The summed E-state index contributed by atoms with van der Waals surface area (Å²) in [5, 5.41) is 12.2. The van der Waals surface area contributed by atoms with Gasteiger partial charge in [-0.3, -0.25) is 0 Å². The van der Waals surface area contributed by atoms with Gasteiger partial charge in [-0.15, -0.1) is 5.10 Å². The van der Waals surface area contributed by atoms with E-state index in [1.54, 1.807) is 10.9 Å². The normalized spacial score (nSPS) is 11.2. The maximum absolute atomic E-state index is 6.13. The zero-order chi connectivity index (χ0) is 13.1. The Morgan fingerprint density at radius 3 is 2.83 bits per heavy atom. The lowest BCUT2D eigenvalue weighted by atomic mass is 10.2. The van der Waals surface area contributed by atoms with Crippen molar-refractivity contribution in [2.45, 2.75) is 33.4 Å². The third-order valence-electron chi connectivity index (χ3n) is 2.71. The molecule has 0 aliphatic rings. The number of halogens is 1. The molecule has 5 heteroatoms. The van der Waals surface area contributed by atoms with Gasteiger partial charge in [0.1, 0.15) is 0 Å². The molecule has 1 heterocycles. The number of benzene rings is 1. The largest absolute Gasteiger partial charge is 0.309 e. The van der Waals surface area contributed by atoms with Gasteiger partial charge in [-0.05, 0) is 24.6 Å². The molecule has 0 saturated heterocycles. The Kier molecular flexibility index (Phi) is 3.99. The summed E-state index contributed by atoms with van der Waals surface area (Å²) in [5.41, 5.74) is 3.01. The molecule has 0 unspecified atom stereocenters. The fourth-order valence-corrected chi connectivity index (χ4v) is 1.79. The van der Waals surface area contributed by atoms with Gasteiger partial charge >= 0.3 is 0 Å². The Morgan fingerprint density at radius 1 is 1.39 bits per heavy atom. The first kappa shape index (κ1) is 13.1. The van der Waals surface area contributed by atoms with E-state index >= 15 is 0 Å². The van der Waals surface area contributed by atoms with Gasteiger partial charge in [0.05, 0.1) is 17.6 Å². The maximum atomic E-state index is 6.13. The predicted molar refractivity (Wildman–Crippen MR) is 73.1 cm³/mol. The minimum absolute atomic E-state index is 0.426. The van der Waals surface area contributed by atoms with E-state index in [0.29, 0.717) is 6.04 Å². The average molecular weight is 265 g/mol. The van der Waals surface area contributed by atoms with Crippen molar-refractivity contribution in [2.24, 2.45) is 0 Å². The molecule has 0 bridgehead atoms. The summed E-state index contributed by atoms with van der Waals surface area (Å²) in [6.45, 7) is 6.93. The van der Waals surface area contributed by atoms with Crippen molar-refractivity contribution in [3.05, 3.63) is 40.7 Å². The SMILES string of the molecule is Cc1ccc(-n2nncc2CNC(C)C)cc1Cl. The lowest BCUT2D eigenvalue weighted by Crippen LogP contribution is -2.23. The van der Waals surface area contributed by atoms with Gasteiger partial charge in [-0.1, -0.05) is 36.7 Å². The van der Waals surface area contributed by atoms with Gasteiger partial charge in [0.25, 0.3) is 0 Å². The molecule has 0 aliphatic heterocycles. The standard InChI is InChI=1S/C13H17ClN4/c1-9(2)15-7-12-8-16-17-18(12)11-5-4-10(3)13(14)6-11/h4-6,8-9,15H,7H2,1-3H3. The third-order valence-corrected chi connectivity index (χ3v) is 3.12. The predicted octanol–water partition coefficient (Wildman–Crippen LogP) is 2.73. The van der Waals surface area contributed by atoms with E-state index in [1.165, 1.54) is 0 Å². The van der Waals surface area contributed by atoms with E-state index in [-0.39, 0.29) is 0 Å². The molecule has 0 aliphatic carbocycles. The van der Waals surface area contributed by atoms with Gasteiger partial charge in [-0.2, -0.15) is 0 Å². The van der Waals surface area contributed by atoms with Crippen molar-refractivity contribution < 1.29 is 0 Å². The van der Waals surface area contributed by atoms with Crippen LogP contribution >= 0.6 is 11.6 Å².